The molecule has 1 aromatic heterocycles. The first-order valence-corrected chi connectivity index (χ1v) is 20.1. The predicted octanol–water partition coefficient (Wildman–Crippen LogP) is 12.7. The molecule has 58 heavy (non-hydrogen) atoms. The summed E-state index contributed by atoms with van der Waals surface area (Å²) < 4.78 is 14.6. The largest absolute Gasteiger partial charge is 0.494 e. The second-order valence-electron chi connectivity index (χ2n) is 16.2. The third-order valence-corrected chi connectivity index (χ3v) is 11.4. The highest BCUT2D eigenvalue weighted by Crippen LogP contribution is 2.38. The summed E-state index contributed by atoms with van der Waals surface area (Å²) in [5.74, 6) is 0.919. The first-order chi connectivity index (χ1) is 28.0. The molecule has 8 aromatic rings. The standard InChI is InChI=1S/C27H25N.C25H25BN2O2/c1-20-4-10-23(11-5-20)24-12-18-27(19-13-24)28(25-14-6-21(2)7-15-25)26-16-8-22(3)9-17-26;1-24(2)25(3,4)30-26(29-24)19-16-14-18(15-17-19)23-27-21-12-8-9-13-22(21)28(23)20-10-6-5-7-11-20/h4-19H,1-3H3;5-17H,1-4H3. The SMILES string of the molecule is CC1(C)OB(c2ccc(-c3nc4ccccc4n3-c3ccccc3)cc2)OC1(C)C.Cc1ccc(-c2ccc(N(c3ccc(C)cc3)c3ccc(C)cc3)cc2)cc1. The normalized spacial score (nSPS) is 14.2. The Morgan fingerprint density at radius 2 is 0.879 bits per heavy atom. The van der Waals surface area contributed by atoms with Gasteiger partial charge >= 0.3 is 7.12 Å². The summed E-state index contributed by atoms with van der Waals surface area (Å²) in [7, 11) is -0.364. The number of fused-ring (bicyclic) bond motifs is 1. The van der Waals surface area contributed by atoms with Crippen LogP contribution in [-0.2, 0) is 9.31 Å². The second-order valence-corrected chi connectivity index (χ2v) is 16.2. The molecule has 288 valence electrons. The fourth-order valence-corrected chi connectivity index (χ4v) is 7.21. The van der Waals surface area contributed by atoms with E-state index in [-0.39, 0.29) is 18.3 Å². The summed E-state index contributed by atoms with van der Waals surface area (Å²) in [6.45, 7) is 14.7. The van der Waals surface area contributed by atoms with Crippen molar-refractivity contribution in [3.05, 3.63) is 193 Å². The third-order valence-electron chi connectivity index (χ3n) is 11.4. The Labute approximate surface area is 343 Å². The third kappa shape index (κ3) is 7.99. The van der Waals surface area contributed by atoms with Crippen LogP contribution in [0.3, 0.4) is 0 Å². The van der Waals surface area contributed by atoms with Gasteiger partial charge in [0.25, 0.3) is 0 Å². The maximum absolute atomic E-state index is 6.19. The van der Waals surface area contributed by atoms with Gasteiger partial charge in [-0.2, -0.15) is 0 Å². The highest BCUT2D eigenvalue weighted by atomic mass is 16.7. The van der Waals surface area contributed by atoms with Crippen molar-refractivity contribution >= 4 is 40.7 Å². The van der Waals surface area contributed by atoms with Crippen molar-refractivity contribution < 1.29 is 9.31 Å². The minimum Gasteiger partial charge on any atom is -0.399 e. The Morgan fingerprint density at radius 3 is 1.40 bits per heavy atom. The highest BCUT2D eigenvalue weighted by molar-refractivity contribution is 6.62. The molecule has 2 heterocycles. The summed E-state index contributed by atoms with van der Waals surface area (Å²) in [4.78, 5) is 7.24. The number of aryl methyl sites for hydroxylation is 3. The van der Waals surface area contributed by atoms with Gasteiger partial charge in [-0.1, -0.05) is 132 Å². The fraction of sp³-hybridized carbons (Fsp3) is 0.173. The summed E-state index contributed by atoms with van der Waals surface area (Å²) in [6, 6.07) is 61.8. The van der Waals surface area contributed by atoms with Crippen molar-refractivity contribution in [2.75, 3.05) is 4.90 Å². The molecule has 1 aliphatic rings. The van der Waals surface area contributed by atoms with Crippen LogP contribution in [-0.4, -0.2) is 27.9 Å². The Kier molecular flexibility index (Phi) is 10.6. The van der Waals surface area contributed by atoms with E-state index in [4.69, 9.17) is 14.3 Å². The molecule has 1 aliphatic heterocycles. The lowest BCUT2D eigenvalue weighted by Crippen LogP contribution is -2.41. The molecule has 0 atom stereocenters. The lowest BCUT2D eigenvalue weighted by atomic mass is 9.79. The molecule has 0 radical (unpaired) electrons. The van der Waals surface area contributed by atoms with E-state index >= 15 is 0 Å². The van der Waals surface area contributed by atoms with Gasteiger partial charge in [-0.25, -0.2) is 4.98 Å². The van der Waals surface area contributed by atoms with Gasteiger partial charge in [0.1, 0.15) is 5.82 Å². The first-order valence-electron chi connectivity index (χ1n) is 20.1. The molecule has 9 rings (SSSR count). The number of hydrogen-bond donors (Lipinski definition) is 0. The predicted molar refractivity (Wildman–Crippen MR) is 243 cm³/mol. The van der Waals surface area contributed by atoms with Gasteiger partial charge in [0, 0.05) is 28.3 Å². The van der Waals surface area contributed by atoms with E-state index in [0.717, 1.165) is 50.6 Å². The molecular weight excluding hydrogens is 709 g/mol. The van der Waals surface area contributed by atoms with Crippen LogP contribution in [0.4, 0.5) is 17.1 Å². The average Bonchev–Trinajstić information content (AvgIpc) is 3.73. The van der Waals surface area contributed by atoms with Crippen LogP contribution in [0.25, 0.3) is 39.2 Å². The summed E-state index contributed by atoms with van der Waals surface area (Å²) in [5, 5.41) is 0. The highest BCUT2D eigenvalue weighted by Gasteiger charge is 2.51. The quantitative estimate of drug-likeness (QED) is 0.152. The molecule has 6 heteroatoms. The van der Waals surface area contributed by atoms with Crippen LogP contribution < -0.4 is 10.4 Å². The van der Waals surface area contributed by atoms with Crippen molar-refractivity contribution in [2.24, 2.45) is 0 Å². The van der Waals surface area contributed by atoms with Gasteiger partial charge in [-0.05, 0) is 126 Å². The molecule has 0 unspecified atom stereocenters. The van der Waals surface area contributed by atoms with E-state index in [9.17, 15) is 0 Å². The van der Waals surface area contributed by atoms with Gasteiger partial charge in [0.15, 0.2) is 0 Å². The number of para-hydroxylation sites is 3. The molecule has 0 spiro atoms. The number of aromatic nitrogens is 2. The molecule has 1 saturated heterocycles. The van der Waals surface area contributed by atoms with Crippen molar-refractivity contribution in [3.8, 4) is 28.2 Å². The first kappa shape index (κ1) is 38.7. The van der Waals surface area contributed by atoms with Crippen LogP contribution in [0.5, 0.6) is 0 Å². The lowest BCUT2D eigenvalue weighted by Gasteiger charge is -2.32. The van der Waals surface area contributed by atoms with Gasteiger partial charge < -0.3 is 14.2 Å². The minimum atomic E-state index is -0.364. The van der Waals surface area contributed by atoms with E-state index in [1.54, 1.807) is 0 Å². The van der Waals surface area contributed by atoms with E-state index < -0.39 is 0 Å². The Hall–Kier alpha value is -6.21. The monoisotopic (exact) mass is 759 g/mol. The number of anilines is 3. The fourth-order valence-electron chi connectivity index (χ4n) is 7.21. The van der Waals surface area contributed by atoms with Crippen LogP contribution in [0.15, 0.2) is 176 Å². The van der Waals surface area contributed by atoms with Crippen LogP contribution >= 0.6 is 0 Å². The van der Waals surface area contributed by atoms with Crippen molar-refractivity contribution in [3.63, 3.8) is 0 Å². The van der Waals surface area contributed by atoms with Gasteiger partial charge in [-0.3, -0.25) is 4.57 Å². The molecule has 7 aromatic carbocycles. The number of imidazole rings is 1. The van der Waals surface area contributed by atoms with Gasteiger partial charge in [-0.15, -0.1) is 0 Å². The topological polar surface area (TPSA) is 39.5 Å². The molecule has 0 amide bonds. The lowest BCUT2D eigenvalue weighted by molar-refractivity contribution is 0.00578. The van der Waals surface area contributed by atoms with Crippen LogP contribution in [0, 0.1) is 20.8 Å². The average molecular weight is 760 g/mol. The summed E-state index contributed by atoms with van der Waals surface area (Å²) in [6.07, 6.45) is 0. The number of nitrogens with zero attached hydrogens (tertiary/aromatic N) is 3. The Balaban J connectivity index is 0.000000162. The second kappa shape index (κ2) is 16.0. The maximum atomic E-state index is 6.19. The van der Waals surface area contributed by atoms with Gasteiger partial charge in [0.2, 0.25) is 0 Å². The molecular formula is C52H50BN3O2. The maximum Gasteiger partial charge on any atom is 0.494 e. The molecule has 0 bridgehead atoms. The Bertz CT molecular complexity index is 2550. The number of rotatable bonds is 7. The number of benzene rings is 7. The van der Waals surface area contributed by atoms with Crippen LogP contribution in [0.1, 0.15) is 44.4 Å². The molecule has 0 N–H and O–H groups in total. The van der Waals surface area contributed by atoms with Crippen molar-refractivity contribution in [2.45, 2.75) is 59.7 Å². The zero-order valence-electron chi connectivity index (χ0n) is 34.5. The molecule has 0 saturated carbocycles. The summed E-state index contributed by atoms with van der Waals surface area (Å²) in [5.41, 5.74) is 14.3. The minimum absolute atomic E-state index is 0.350. The van der Waals surface area contributed by atoms with E-state index in [1.165, 1.54) is 27.8 Å². The zero-order valence-corrected chi connectivity index (χ0v) is 34.5. The van der Waals surface area contributed by atoms with E-state index in [2.05, 4.69) is 222 Å². The smallest absolute Gasteiger partial charge is 0.399 e. The van der Waals surface area contributed by atoms with Gasteiger partial charge in [0.05, 0.1) is 22.2 Å². The Morgan fingerprint density at radius 1 is 0.466 bits per heavy atom. The van der Waals surface area contributed by atoms with Crippen molar-refractivity contribution in [1.82, 2.24) is 9.55 Å². The van der Waals surface area contributed by atoms with Crippen molar-refractivity contribution in [1.29, 1.82) is 0 Å². The number of hydrogen-bond acceptors (Lipinski definition) is 4. The van der Waals surface area contributed by atoms with Crippen LogP contribution in [0.2, 0.25) is 0 Å². The zero-order chi connectivity index (χ0) is 40.4. The summed E-state index contributed by atoms with van der Waals surface area (Å²) >= 11 is 0. The molecule has 5 nitrogen and oxygen atoms in total. The van der Waals surface area contributed by atoms with E-state index in [0.29, 0.717) is 0 Å². The molecule has 1 fully saturated rings. The van der Waals surface area contributed by atoms with E-state index in [1.807, 2.05) is 12.1 Å². The molecule has 0 aliphatic carbocycles.